The van der Waals surface area contributed by atoms with Gasteiger partial charge in [-0.2, -0.15) is 0 Å². The first-order chi connectivity index (χ1) is 16.1. The molecular formula is C26H21NO6. The SMILES string of the molecule is COc1cc(C=Nc2ccc(Oc3ccccc3)cc2)ccc1OCc1ccc(C(=O)O)o1. The van der Waals surface area contributed by atoms with Crippen LogP contribution in [-0.2, 0) is 6.61 Å². The maximum absolute atomic E-state index is 10.9. The normalized spacial score (nSPS) is 10.8. The molecule has 0 saturated heterocycles. The average Bonchev–Trinajstić information content (AvgIpc) is 3.33. The van der Waals surface area contributed by atoms with Crippen LogP contribution in [0.1, 0.15) is 21.9 Å². The summed E-state index contributed by atoms with van der Waals surface area (Å²) in [7, 11) is 1.55. The van der Waals surface area contributed by atoms with Crippen LogP contribution in [0.2, 0.25) is 0 Å². The highest BCUT2D eigenvalue weighted by Crippen LogP contribution is 2.29. The summed E-state index contributed by atoms with van der Waals surface area (Å²) < 4.78 is 22.1. The second-order valence-electron chi connectivity index (χ2n) is 6.94. The van der Waals surface area contributed by atoms with Crippen molar-refractivity contribution in [2.24, 2.45) is 4.99 Å². The summed E-state index contributed by atoms with van der Waals surface area (Å²) in [5.41, 5.74) is 1.61. The molecule has 1 N–H and O–H groups in total. The van der Waals surface area contributed by atoms with Gasteiger partial charge in [0.15, 0.2) is 11.5 Å². The van der Waals surface area contributed by atoms with Crippen molar-refractivity contribution in [2.75, 3.05) is 7.11 Å². The van der Waals surface area contributed by atoms with Gasteiger partial charge in [-0.3, -0.25) is 4.99 Å². The van der Waals surface area contributed by atoms with Crippen LogP contribution in [0.3, 0.4) is 0 Å². The molecule has 0 radical (unpaired) electrons. The molecule has 33 heavy (non-hydrogen) atoms. The fourth-order valence-electron chi connectivity index (χ4n) is 2.98. The highest BCUT2D eigenvalue weighted by molar-refractivity contribution is 5.84. The number of para-hydroxylation sites is 1. The van der Waals surface area contributed by atoms with E-state index in [4.69, 9.17) is 23.7 Å². The molecule has 0 aliphatic carbocycles. The first-order valence-electron chi connectivity index (χ1n) is 10.1. The monoisotopic (exact) mass is 443 g/mol. The fraction of sp³-hybridized carbons (Fsp3) is 0.0769. The van der Waals surface area contributed by atoms with Gasteiger partial charge >= 0.3 is 5.97 Å². The number of benzene rings is 3. The number of carbonyl (C=O) groups is 1. The molecule has 1 heterocycles. The summed E-state index contributed by atoms with van der Waals surface area (Å²) in [6.07, 6.45) is 1.73. The number of aromatic carboxylic acids is 1. The van der Waals surface area contributed by atoms with Crippen LogP contribution in [0.4, 0.5) is 5.69 Å². The molecule has 0 amide bonds. The summed E-state index contributed by atoms with van der Waals surface area (Å²) >= 11 is 0. The van der Waals surface area contributed by atoms with Crippen molar-refractivity contribution in [3.63, 3.8) is 0 Å². The van der Waals surface area contributed by atoms with Gasteiger partial charge in [-0.1, -0.05) is 18.2 Å². The molecule has 7 heteroatoms. The molecule has 0 spiro atoms. The molecular weight excluding hydrogens is 422 g/mol. The van der Waals surface area contributed by atoms with Gasteiger partial charge < -0.3 is 23.7 Å². The maximum atomic E-state index is 10.9. The second-order valence-corrected chi connectivity index (χ2v) is 6.94. The molecule has 0 atom stereocenters. The number of hydrogen-bond acceptors (Lipinski definition) is 6. The van der Waals surface area contributed by atoms with E-state index in [2.05, 4.69) is 4.99 Å². The van der Waals surface area contributed by atoms with E-state index < -0.39 is 5.97 Å². The summed E-state index contributed by atoms with van der Waals surface area (Å²) in [6.45, 7) is 0.0779. The van der Waals surface area contributed by atoms with Crippen LogP contribution in [0.25, 0.3) is 0 Å². The smallest absolute Gasteiger partial charge is 0.371 e. The minimum atomic E-state index is -1.12. The number of carboxylic acids is 1. The Hall–Kier alpha value is -4.52. The highest BCUT2D eigenvalue weighted by Gasteiger charge is 2.11. The number of hydrogen-bond donors (Lipinski definition) is 1. The van der Waals surface area contributed by atoms with Crippen LogP contribution in [0.5, 0.6) is 23.0 Å². The van der Waals surface area contributed by atoms with Gasteiger partial charge in [0, 0.05) is 6.21 Å². The van der Waals surface area contributed by atoms with Gasteiger partial charge in [0.2, 0.25) is 5.76 Å². The predicted molar refractivity (Wildman–Crippen MR) is 123 cm³/mol. The van der Waals surface area contributed by atoms with Gasteiger partial charge in [0.25, 0.3) is 0 Å². The Morgan fingerprint density at radius 3 is 2.39 bits per heavy atom. The van der Waals surface area contributed by atoms with E-state index in [0.29, 0.717) is 17.3 Å². The quantitative estimate of drug-likeness (QED) is 0.314. The van der Waals surface area contributed by atoms with E-state index in [1.54, 1.807) is 31.5 Å². The van der Waals surface area contributed by atoms with Crippen molar-refractivity contribution in [2.45, 2.75) is 6.61 Å². The fourth-order valence-corrected chi connectivity index (χ4v) is 2.98. The third-order valence-electron chi connectivity index (χ3n) is 4.61. The molecule has 0 aliphatic heterocycles. The van der Waals surface area contributed by atoms with Crippen LogP contribution in [0.15, 0.2) is 94.3 Å². The Balaban J connectivity index is 1.39. The molecule has 1 aromatic heterocycles. The van der Waals surface area contributed by atoms with Crippen molar-refractivity contribution in [1.29, 1.82) is 0 Å². The first kappa shape index (κ1) is 21.7. The van der Waals surface area contributed by atoms with Crippen molar-refractivity contribution in [1.82, 2.24) is 0 Å². The lowest BCUT2D eigenvalue weighted by Crippen LogP contribution is -1.98. The van der Waals surface area contributed by atoms with E-state index >= 15 is 0 Å². The van der Waals surface area contributed by atoms with Crippen LogP contribution in [0, 0.1) is 0 Å². The standard InChI is InChI=1S/C26H21NO6/c1-30-25-15-18(7-13-23(25)31-17-22-12-14-24(33-22)26(28)29)16-27-19-8-10-21(11-9-19)32-20-5-3-2-4-6-20/h2-16H,17H2,1H3,(H,28,29). The van der Waals surface area contributed by atoms with Crippen molar-refractivity contribution < 1.29 is 28.5 Å². The van der Waals surface area contributed by atoms with Gasteiger partial charge in [-0.15, -0.1) is 0 Å². The number of rotatable bonds is 9. The molecule has 7 nitrogen and oxygen atoms in total. The topological polar surface area (TPSA) is 90.5 Å². The maximum Gasteiger partial charge on any atom is 0.371 e. The second kappa shape index (κ2) is 10.2. The van der Waals surface area contributed by atoms with Crippen molar-refractivity contribution >= 4 is 17.9 Å². The number of aliphatic imine (C=N–C) groups is 1. The van der Waals surface area contributed by atoms with Crippen molar-refractivity contribution in [3.05, 3.63) is 102 Å². The summed E-state index contributed by atoms with van der Waals surface area (Å²) in [6, 6.07) is 25.4. The number of methoxy groups -OCH3 is 1. The van der Waals surface area contributed by atoms with E-state index in [0.717, 1.165) is 22.7 Å². The minimum Gasteiger partial charge on any atom is -0.493 e. The number of carboxylic acid groups (broad SMARTS) is 1. The van der Waals surface area contributed by atoms with Crippen molar-refractivity contribution in [3.8, 4) is 23.0 Å². The highest BCUT2D eigenvalue weighted by atomic mass is 16.5. The molecule has 166 valence electrons. The summed E-state index contributed by atoms with van der Waals surface area (Å²) in [5, 5.41) is 8.93. The molecule has 4 aromatic rings. The lowest BCUT2D eigenvalue weighted by atomic mass is 10.2. The largest absolute Gasteiger partial charge is 0.493 e. The third-order valence-corrected chi connectivity index (χ3v) is 4.61. The average molecular weight is 443 g/mol. The van der Waals surface area contributed by atoms with Crippen LogP contribution < -0.4 is 14.2 Å². The molecule has 4 rings (SSSR count). The minimum absolute atomic E-state index is 0.0779. The Labute approximate surface area is 190 Å². The van der Waals surface area contributed by atoms with E-state index in [1.165, 1.54) is 6.07 Å². The zero-order valence-electron chi connectivity index (χ0n) is 17.8. The lowest BCUT2D eigenvalue weighted by Gasteiger charge is -2.10. The van der Waals surface area contributed by atoms with Gasteiger partial charge in [0.1, 0.15) is 23.9 Å². The van der Waals surface area contributed by atoms with E-state index in [9.17, 15) is 4.79 Å². The molecule has 0 bridgehead atoms. The summed E-state index contributed by atoms with van der Waals surface area (Å²) in [5.74, 6) is 1.68. The number of ether oxygens (including phenoxy) is 3. The van der Waals surface area contributed by atoms with Crippen LogP contribution >= 0.6 is 0 Å². The Morgan fingerprint density at radius 1 is 0.939 bits per heavy atom. The third kappa shape index (κ3) is 5.80. The number of nitrogens with zero attached hydrogens (tertiary/aromatic N) is 1. The van der Waals surface area contributed by atoms with Gasteiger partial charge in [-0.25, -0.2) is 4.79 Å². The van der Waals surface area contributed by atoms with E-state index in [1.807, 2.05) is 60.7 Å². The molecule has 0 fully saturated rings. The van der Waals surface area contributed by atoms with Gasteiger partial charge in [-0.05, 0) is 72.3 Å². The molecule has 0 unspecified atom stereocenters. The zero-order valence-corrected chi connectivity index (χ0v) is 17.8. The van der Waals surface area contributed by atoms with E-state index in [-0.39, 0.29) is 12.4 Å². The molecule has 3 aromatic carbocycles. The van der Waals surface area contributed by atoms with Gasteiger partial charge in [0.05, 0.1) is 12.8 Å². The zero-order chi connectivity index (χ0) is 23.0. The van der Waals surface area contributed by atoms with Crippen LogP contribution in [-0.4, -0.2) is 24.4 Å². The lowest BCUT2D eigenvalue weighted by molar-refractivity contribution is 0.0658. The first-order valence-corrected chi connectivity index (χ1v) is 10.1. The molecule has 0 aliphatic rings. The summed E-state index contributed by atoms with van der Waals surface area (Å²) in [4.78, 5) is 15.4. The Morgan fingerprint density at radius 2 is 1.70 bits per heavy atom. The Kier molecular flexibility index (Phi) is 6.70. The predicted octanol–water partition coefficient (Wildman–Crippen LogP) is 6.11. The molecule has 0 saturated carbocycles. The Bertz CT molecular complexity index is 1250. The number of furan rings is 1.